The molecule has 0 spiro atoms. The van der Waals surface area contributed by atoms with Crippen molar-refractivity contribution >= 4 is 34.6 Å². The predicted octanol–water partition coefficient (Wildman–Crippen LogP) is 3.45. The molecule has 0 unspecified atom stereocenters. The van der Waals surface area contributed by atoms with Crippen molar-refractivity contribution in [2.24, 2.45) is 0 Å². The maximum Gasteiger partial charge on any atom is 0.171 e. The van der Waals surface area contributed by atoms with E-state index in [1.807, 2.05) is 36.4 Å². The second kappa shape index (κ2) is 9.93. The van der Waals surface area contributed by atoms with E-state index in [4.69, 9.17) is 28.6 Å². The maximum atomic E-state index is 5.94. The summed E-state index contributed by atoms with van der Waals surface area (Å²) in [5.74, 6) is 0.888. The number of methoxy groups -OCH3 is 1. The quantitative estimate of drug-likeness (QED) is 0.645. The number of halogens is 1. The average Bonchev–Trinajstić information content (AvgIpc) is 2.71. The number of piperidine rings is 1. The number of hydrogen-bond acceptors (Lipinski definition) is 2. The molecule has 1 heterocycles. The van der Waals surface area contributed by atoms with Gasteiger partial charge in [-0.1, -0.05) is 11.6 Å². The Kier molecular flexibility index (Phi) is 7.33. The van der Waals surface area contributed by atoms with Crippen molar-refractivity contribution in [1.29, 1.82) is 0 Å². The SMILES string of the molecule is COc1ccc([C@@H](CNC(=S)Nc2ccc(Cl)cc2)[NH+]2CCCCC2)cc1. The van der Waals surface area contributed by atoms with Crippen LogP contribution in [0.5, 0.6) is 5.75 Å². The van der Waals surface area contributed by atoms with E-state index in [1.165, 1.54) is 37.9 Å². The Morgan fingerprint density at radius 2 is 1.74 bits per heavy atom. The lowest BCUT2D eigenvalue weighted by molar-refractivity contribution is -0.934. The van der Waals surface area contributed by atoms with E-state index in [9.17, 15) is 0 Å². The highest BCUT2D eigenvalue weighted by Gasteiger charge is 2.26. The van der Waals surface area contributed by atoms with Gasteiger partial charge < -0.3 is 20.3 Å². The Balaban J connectivity index is 1.64. The first kappa shape index (κ1) is 19.9. The molecular formula is C21H27ClN3OS+. The first-order chi connectivity index (χ1) is 13.2. The standard InChI is InChI=1S/C21H26ClN3OS/c1-26-19-11-5-16(6-12-19)20(25-13-3-2-4-14-25)15-23-21(27)24-18-9-7-17(22)8-10-18/h5-12,20H,2-4,13-15H2,1H3,(H2,23,24,27)/p+1/t20-/m1/s1. The maximum absolute atomic E-state index is 5.94. The van der Waals surface area contributed by atoms with E-state index < -0.39 is 0 Å². The van der Waals surface area contributed by atoms with Crippen LogP contribution in [0.25, 0.3) is 0 Å². The number of quaternary nitrogens is 1. The van der Waals surface area contributed by atoms with Gasteiger partial charge in [-0.2, -0.15) is 0 Å². The fraction of sp³-hybridized carbons (Fsp3) is 0.381. The first-order valence-corrected chi connectivity index (χ1v) is 10.2. The summed E-state index contributed by atoms with van der Waals surface area (Å²) in [6.07, 6.45) is 3.91. The van der Waals surface area contributed by atoms with Crippen molar-refractivity contribution in [1.82, 2.24) is 5.32 Å². The Labute approximate surface area is 171 Å². The Morgan fingerprint density at radius 1 is 1.07 bits per heavy atom. The van der Waals surface area contributed by atoms with Crippen LogP contribution in [0.2, 0.25) is 5.02 Å². The topological polar surface area (TPSA) is 37.7 Å². The first-order valence-electron chi connectivity index (χ1n) is 9.44. The Bertz CT molecular complexity index is 730. The molecule has 0 aromatic heterocycles. The monoisotopic (exact) mass is 404 g/mol. The largest absolute Gasteiger partial charge is 0.497 e. The fourth-order valence-corrected chi connectivity index (χ4v) is 3.92. The summed E-state index contributed by atoms with van der Waals surface area (Å²) in [5, 5.41) is 7.98. The van der Waals surface area contributed by atoms with Crippen LogP contribution < -0.4 is 20.3 Å². The molecule has 6 heteroatoms. The summed E-state index contributed by atoms with van der Waals surface area (Å²) < 4.78 is 5.30. The molecular weight excluding hydrogens is 378 g/mol. The van der Waals surface area contributed by atoms with E-state index in [0.29, 0.717) is 16.2 Å². The van der Waals surface area contributed by atoms with Crippen LogP contribution in [0.3, 0.4) is 0 Å². The molecule has 27 heavy (non-hydrogen) atoms. The minimum absolute atomic E-state index is 0.362. The zero-order valence-electron chi connectivity index (χ0n) is 15.6. The summed E-state index contributed by atoms with van der Waals surface area (Å²) in [6, 6.07) is 16.3. The van der Waals surface area contributed by atoms with Crippen molar-refractivity contribution in [3.8, 4) is 5.75 Å². The molecule has 0 radical (unpaired) electrons. The van der Waals surface area contributed by atoms with E-state index in [-0.39, 0.29) is 0 Å². The third kappa shape index (κ3) is 5.83. The van der Waals surface area contributed by atoms with Gasteiger partial charge in [0, 0.05) is 16.3 Å². The molecule has 0 amide bonds. The van der Waals surface area contributed by atoms with E-state index >= 15 is 0 Å². The van der Waals surface area contributed by atoms with Gasteiger partial charge in [0.05, 0.1) is 26.7 Å². The lowest BCUT2D eigenvalue weighted by atomic mass is 10.0. The highest BCUT2D eigenvalue weighted by atomic mass is 35.5. The van der Waals surface area contributed by atoms with Crippen molar-refractivity contribution in [2.45, 2.75) is 25.3 Å². The van der Waals surface area contributed by atoms with E-state index in [2.05, 4.69) is 22.8 Å². The molecule has 3 rings (SSSR count). The zero-order chi connectivity index (χ0) is 19.1. The van der Waals surface area contributed by atoms with Gasteiger partial charge in [-0.25, -0.2) is 0 Å². The molecule has 2 aromatic rings. The van der Waals surface area contributed by atoms with Crippen LogP contribution in [0, 0.1) is 0 Å². The summed E-state index contributed by atoms with van der Waals surface area (Å²) in [6.45, 7) is 3.20. The molecule has 2 aromatic carbocycles. The van der Waals surface area contributed by atoms with Crippen LogP contribution in [0.4, 0.5) is 5.69 Å². The van der Waals surface area contributed by atoms with Gasteiger partial charge in [0.1, 0.15) is 11.8 Å². The lowest BCUT2D eigenvalue weighted by Gasteiger charge is -2.32. The van der Waals surface area contributed by atoms with Gasteiger partial charge >= 0.3 is 0 Å². The number of rotatable bonds is 6. The van der Waals surface area contributed by atoms with Crippen LogP contribution in [0.1, 0.15) is 30.9 Å². The van der Waals surface area contributed by atoms with Gasteiger partial charge in [0.25, 0.3) is 0 Å². The number of benzene rings is 2. The van der Waals surface area contributed by atoms with Crippen LogP contribution >= 0.6 is 23.8 Å². The van der Waals surface area contributed by atoms with Crippen molar-refractivity contribution < 1.29 is 9.64 Å². The van der Waals surface area contributed by atoms with Crippen LogP contribution in [-0.4, -0.2) is 31.9 Å². The molecule has 144 valence electrons. The van der Waals surface area contributed by atoms with E-state index in [1.54, 1.807) is 12.0 Å². The smallest absolute Gasteiger partial charge is 0.171 e. The second-order valence-corrected chi connectivity index (χ2v) is 7.73. The molecule has 4 nitrogen and oxygen atoms in total. The average molecular weight is 405 g/mol. The summed E-state index contributed by atoms with van der Waals surface area (Å²) in [4.78, 5) is 1.62. The van der Waals surface area contributed by atoms with Crippen molar-refractivity contribution in [3.05, 3.63) is 59.1 Å². The molecule has 1 atom stereocenters. The summed E-state index contributed by atoms with van der Waals surface area (Å²) in [7, 11) is 1.70. The van der Waals surface area contributed by atoms with Gasteiger partial charge in [-0.3, -0.25) is 0 Å². The van der Waals surface area contributed by atoms with Crippen molar-refractivity contribution in [2.75, 3.05) is 32.1 Å². The van der Waals surface area contributed by atoms with Crippen LogP contribution in [0.15, 0.2) is 48.5 Å². The number of thiocarbonyl (C=S) groups is 1. The summed E-state index contributed by atoms with van der Waals surface area (Å²) >= 11 is 11.4. The third-order valence-corrected chi connectivity index (χ3v) is 5.57. The highest BCUT2D eigenvalue weighted by molar-refractivity contribution is 7.80. The van der Waals surface area contributed by atoms with Gasteiger partial charge in [-0.15, -0.1) is 0 Å². The molecule has 0 aliphatic carbocycles. The molecule has 3 N–H and O–H groups in total. The molecule has 1 aliphatic heterocycles. The molecule has 1 saturated heterocycles. The minimum Gasteiger partial charge on any atom is -0.497 e. The Morgan fingerprint density at radius 3 is 2.37 bits per heavy atom. The van der Waals surface area contributed by atoms with Gasteiger partial charge in [0.15, 0.2) is 5.11 Å². The normalized spacial score (nSPS) is 15.8. The number of anilines is 1. The molecule has 1 fully saturated rings. The van der Waals surface area contributed by atoms with Gasteiger partial charge in [-0.05, 0) is 80.0 Å². The van der Waals surface area contributed by atoms with Gasteiger partial charge in [0.2, 0.25) is 0 Å². The highest BCUT2D eigenvalue weighted by Crippen LogP contribution is 2.17. The summed E-state index contributed by atoms with van der Waals surface area (Å²) in [5.41, 5.74) is 2.25. The molecule has 0 bridgehead atoms. The minimum atomic E-state index is 0.362. The fourth-order valence-electron chi connectivity index (χ4n) is 3.59. The Hall–Kier alpha value is -1.82. The third-order valence-electron chi connectivity index (χ3n) is 5.08. The molecule has 0 saturated carbocycles. The van der Waals surface area contributed by atoms with E-state index in [0.717, 1.165) is 18.0 Å². The number of ether oxygens (including phenoxy) is 1. The van der Waals surface area contributed by atoms with Crippen LogP contribution in [-0.2, 0) is 0 Å². The molecule has 1 aliphatic rings. The zero-order valence-corrected chi connectivity index (χ0v) is 17.2. The lowest BCUT2D eigenvalue weighted by Crippen LogP contribution is -3.13. The predicted molar refractivity (Wildman–Crippen MR) is 116 cm³/mol. The number of nitrogens with one attached hydrogen (secondary N) is 3. The second-order valence-electron chi connectivity index (χ2n) is 6.89. The van der Waals surface area contributed by atoms with Crippen molar-refractivity contribution in [3.63, 3.8) is 0 Å². The number of hydrogen-bond donors (Lipinski definition) is 3. The number of likely N-dealkylation sites (tertiary alicyclic amines) is 1.